The molecule has 2 aromatic rings. The van der Waals surface area contributed by atoms with E-state index in [2.05, 4.69) is 33.2 Å². The average molecular weight is 355 g/mol. The molecule has 0 bridgehead atoms. The van der Waals surface area contributed by atoms with Gasteiger partial charge in [-0.3, -0.25) is 0 Å². The third-order valence-electron chi connectivity index (χ3n) is 4.34. The van der Waals surface area contributed by atoms with Crippen molar-refractivity contribution in [3.63, 3.8) is 0 Å². The molecule has 1 aromatic heterocycles. The first-order valence-electron chi connectivity index (χ1n) is 8.92. The van der Waals surface area contributed by atoms with Crippen LogP contribution >= 0.6 is 0 Å². The molecule has 3 rings (SSSR count). The summed E-state index contributed by atoms with van der Waals surface area (Å²) in [6.07, 6.45) is -0.251. The molecule has 138 valence electrons. The molecular formula is C19H25N5O2. The summed E-state index contributed by atoms with van der Waals surface area (Å²) in [6.45, 7) is 8.83. The van der Waals surface area contributed by atoms with Gasteiger partial charge in [0.1, 0.15) is 5.82 Å². The van der Waals surface area contributed by atoms with E-state index in [0.29, 0.717) is 38.7 Å². The van der Waals surface area contributed by atoms with Crippen molar-refractivity contribution in [3.05, 3.63) is 41.6 Å². The molecule has 1 aliphatic rings. The number of hydrogen-bond acceptors (Lipinski definition) is 6. The van der Waals surface area contributed by atoms with E-state index in [0.717, 1.165) is 22.8 Å². The van der Waals surface area contributed by atoms with Gasteiger partial charge in [0.2, 0.25) is 5.95 Å². The highest BCUT2D eigenvalue weighted by molar-refractivity contribution is 5.68. The van der Waals surface area contributed by atoms with Gasteiger partial charge < -0.3 is 19.9 Å². The standard InChI is InChI=1S/C19H25N5O2/c1-4-26-19(25)24-11-9-23(10-12-24)18-20-15(3)13-17(22-18)21-16-8-6-5-7-14(16)2/h5-8,13H,4,9-12H2,1-3H3,(H,20,21,22). The van der Waals surface area contributed by atoms with Crippen molar-refractivity contribution in [1.82, 2.24) is 14.9 Å². The Bertz CT molecular complexity index is 772. The van der Waals surface area contributed by atoms with Crippen LogP contribution in [0.1, 0.15) is 18.2 Å². The van der Waals surface area contributed by atoms with Crippen LogP contribution in [0.15, 0.2) is 30.3 Å². The lowest BCUT2D eigenvalue weighted by Crippen LogP contribution is -2.49. The van der Waals surface area contributed by atoms with Gasteiger partial charge >= 0.3 is 6.09 Å². The summed E-state index contributed by atoms with van der Waals surface area (Å²) in [6, 6.07) is 10.0. The number of ether oxygens (including phenoxy) is 1. The summed E-state index contributed by atoms with van der Waals surface area (Å²) in [4.78, 5) is 24.9. The van der Waals surface area contributed by atoms with Crippen LogP contribution in [0.5, 0.6) is 0 Å². The third-order valence-corrected chi connectivity index (χ3v) is 4.34. The van der Waals surface area contributed by atoms with Gasteiger partial charge in [0.05, 0.1) is 6.61 Å². The number of benzene rings is 1. The van der Waals surface area contributed by atoms with Gasteiger partial charge in [-0.25, -0.2) is 9.78 Å². The Labute approximate surface area is 154 Å². The fourth-order valence-corrected chi connectivity index (χ4v) is 2.91. The molecule has 0 saturated carbocycles. The van der Waals surface area contributed by atoms with Crippen LogP contribution in [-0.2, 0) is 4.74 Å². The predicted octanol–water partition coefficient (Wildman–Crippen LogP) is 3.12. The van der Waals surface area contributed by atoms with Gasteiger partial charge in [0.15, 0.2) is 0 Å². The number of amides is 1. The second-order valence-corrected chi connectivity index (χ2v) is 6.31. The lowest BCUT2D eigenvalue weighted by atomic mass is 10.2. The number of carbonyl (C=O) groups excluding carboxylic acids is 1. The van der Waals surface area contributed by atoms with Crippen molar-refractivity contribution in [2.75, 3.05) is 43.0 Å². The predicted molar refractivity (Wildman–Crippen MR) is 102 cm³/mol. The molecule has 1 aliphatic heterocycles. The number of hydrogen-bond donors (Lipinski definition) is 1. The van der Waals surface area contributed by atoms with E-state index in [1.165, 1.54) is 0 Å². The van der Waals surface area contributed by atoms with Gasteiger partial charge in [-0.1, -0.05) is 18.2 Å². The van der Waals surface area contributed by atoms with Crippen LogP contribution in [0.3, 0.4) is 0 Å². The zero-order valence-corrected chi connectivity index (χ0v) is 15.5. The van der Waals surface area contributed by atoms with Crippen molar-refractivity contribution in [1.29, 1.82) is 0 Å². The van der Waals surface area contributed by atoms with Crippen LogP contribution in [0, 0.1) is 13.8 Å². The Kier molecular flexibility index (Phi) is 5.55. The average Bonchev–Trinajstić information content (AvgIpc) is 2.63. The van der Waals surface area contributed by atoms with Gasteiger partial charge in [-0.15, -0.1) is 0 Å². The lowest BCUT2D eigenvalue weighted by Gasteiger charge is -2.34. The molecule has 7 heteroatoms. The Morgan fingerprint density at radius 1 is 1.15 bits per heavy atom. The summed E-state index contributed by atoms with van der Waals surface area (Å²) in [5.74, 6) is 1.46. The van der Waals surface area contributed by atoms with Crippen LogP contribution in [-0.4, -0.2) is 53.7 Å². The highest BCUT2D eigenvalue weighted by Gasteiger charge is 2.23. The van der Waals surface area contributed by atoms with Crippen molar-refractivity contribution in [2.45, 2.75) is 20.8 Å². The van der Waals surface area contributed by atoms with E-state index in [9.17, 15) is 4.79 Å². The number of aromatic nitrogens is 2. The monoisotopic (exact) mass is 355 g/mol. The van der Waals surface area contributed by atoms with E-state index in [4.69, 9.17) is 4.74 Å². The quantitative estimate of drug-likeness (QED) is 0.909. The molecule has 2 heterocycles. The summed E-state index contributed by atoms with van der Waals surface area (Å²) in [5, 5.41) is 3.37. The number of para-hydroxylation sites is 1. The first kappa shape index (κ1) is 18.0. The number of nitrogens with one attached hydrogen (secondary N) is 1. The van der Waals surface area contributed by atoms with Crippen molar-refractivity contribution in [3.8, 4) is 0 Å². The molecule has 0 unspecified atom stereocenters. The fourth-order valence-electron chi connectivity index (χ4n) is 2.91. The van der Waals surface area contributed by atoms with Gasteiger partial charge in [0, 0.05) is 43.6 Å². The Morgan fingerprint density at radius 3 is 2.58 bits per heavy atom. The highest BCUT2D eigenvalue weighted by Crippen LogP contribution is 2.21. The lowest BCUT2D eigenvalue weighted by molar-refractivity contribution is 0.105. The summed E-state index contributed by atoms with van der Waals surface area (Å²) < 4.78 is 5.07. The van der Waals surface area contributed by atoms with E-state index >= 15 is 0 Å². The number of carbonyl (C=O) groups is 1. The van der Waals surface area contributed by atoms with Crippen molar-refractivity contribution < 1.29 is 9.53 Å². The molecule has 1 N–H and O–H groups in total. The summed E-state index contributed by atoms with van der Waals surface area (Å²) in [7, 11) is 0. The Balaban J connectivity index is 1.71. The molecule has 1 amide bonds. The molecule has 0 spiro atoms. The second kappa shape index (κ2) is 8.03. The fraction of sp³-hybridized carbons (Fsp3) is 0.421. The topological polar surface area (TPSA) is 70.6 Å². The maximum absolute atomic E-state index is 11.8. The maximum Gasteiger partial charge on any atom is 0.409 e. The first-order chi connectivity index (χ1) is 12.6. The minimum absolute atomic E-state index is 0.251. The molecule has 0 radical (unpaired) electrons. The molecule has 1 aromatic carbocycles. The smallest absolute Gasteiger partial charge is 0.409 e. The minimum atomic E-state index is -0.251. The minimum Gasteiger partial charge on any atom is -0.450 e. The SMILES string of the molecule is CCOC(=O)N1CCN(c2nc(C)cc(Nc3ccccc3C)n2)CC1. The van der Waals surface area contributed by atoms with E-state index in [1.54, 1.807) is 4.90 Å². The van der Waals surface area contributed by atoms with Crippen LogP contribution in [0.4, 0.5) is 22.2 Å². The molecule has 7 nitrogen and oxygen atoms in total. The molecule has 26 heavy (non-hydrogen) atoms. The molecule has 1 saturated heterocycles. The maximum atomic E-state index is 11.8. The Morgan fingerprint density at radius 2 is 1.88 bits per heavy atom. The number of piperazine rings is 1. The van der Waals surface area contributed by atoms with Crippen molar-refractivity contribution >= 4 is 23.5 Å². The number of rotatable bonds is 4. The zero-order chi connectivity index (χ0) is 18.5. The summed E-state index contributed by atoms with van der Waals surface area (Å²) in [5.41, 5.74) is 3.09. The van der Waals surface area contributed by atoms with E-state index < -0.39 is 0 Å². The van der Waals surface area contributed by atoms with Crippen LogP contribution in [0.2, 0.25) is 0 Å². The zero-order valence-electron chi connectivity index (χ0n) is 15.5. The first-order valence-corrected chi connectivity index (χ1v) is 8.92. The van der Waals surface area contributed by atoms with E-state index in [1.807, 2.05) is 38.1 Å². The molecule has 0 atom stereocenters. The third kappa shape index (κ3) is 4.22. The van der Waals surface area contributed by atoms with Gasteiger partial charge in [-0.05, 0) is 32.4 Å². The highest BCUT2D eigenvalue weighted by atomic mass is 16.6. The Hall–Kier alpha value is -2.83. The second-order valence-electron chi connectivity index (χ2n) is 6.31. The molecule has 0 aliphatic carbocycles. The largest absolute Gasteiger partial charge is 0.450 e. The number of anilines is 3. The number of aryl methyl sites for hydroxylation is 2. The molecular weight excluding hydrogens is 330 g/mol. The van der Waals surface area contributed by atoms with Crippen LogP contribution < -0.4 is 10.2 Å². The molecule has 1 fully saturated rings. The van der Waals surface area contributed by atoms with Gasteiger partial charge in [0.25, 0.3) is 0 Å². The normalized spacial score (nSPS) is 14.3. The van der Waals surface area contributed by atoms with Crippen LogP contribution in [0.25, 0.3) is 0 Å². The summed E-state index contributed by atoms with van der Waals surface area (Å²) >= 11 is 0. The van der Waals surface area contributed by atoms with Gasteiger partial charge in [-0.2, -0.15) is 4.98 Å². The number of nitrogens with zero attached hydrogens (tertiary/aromatic N) is 4. The van der Waals surface area contributed by atoms with E-state index in [-0.39, 0.29) is 6.09 Å². The van der Waals surface area contributed by atoms with Crippen molar-refractivity contribution in [2.24, 2.45) is 0 Å².